The number of rotatable bonds is 5. The number of piperidine rings is 1. The number of methoxy groups -OCH3 is 1. The molecule has 0 aromatic heterocycles. The van der Waals surface area contributed by atoms with E-state index in [1.54, 1.807) is 7.11 Å². The Balaban J connectivity index is 1.65. The summed E-state index contributed by atoms with van der Waals surface area (Å²) in [6.07, 6.45) is 7.20. The first-order valence-electron chi connectivity index (χ1n) is 8.93. The Morgan fingerprint density at radius 3 is 2.62 bits per heavy atom. The van der Waals surface area contributed by atoms with E-state index in [-0.39, 0.29) is 11.4 Å². The SMILES string of the molecule is C=CCN1CCC[C@@]12CCCN(C(=O)Cc1ccc(OC)cc1)C2. The zero-order chi connectivity index (χ0) is 17.0. The number of carbonyl (C=O) groups is 1. The summed E-state index contributed by atoms with van der Waals surface area (Å²) in [5.74, 6) is 1.07. The highest BCUT2D eigenvalue weighted by Gasteiger charge is 2.44. The Labute approximate surface area is 145 Å². The van der Waals surface area contributed by atoms with Crippen molar-refractivity contribution in [3.05, 3.63) is 42.5 Å². The van der Waals surface area contributed by atoms with E-state index in [4.69, 9.17) is 4.74 Å². The van der Waals surface area contributed by atoms with Crippen LogP contribution in [0.4, 0.5) is 0 Å². The van der Waals surface area contributed by atoms with Crippen molar-refractivity contribution in [1.82, 2.24) is 9.80 Å². The van der Waals surface area contributed by atoms with Crippen LogP contribution in [0.5, 0.6) is 5.75 Å². The van der Waals surface area contributed by atoms with Gasteiger partial charge in [0.25, 0.3) is 0 Å². The highest BCUT2D eigenvalue weighted by Crippen LogP contribution is 2.37. The lowest BCUT2D eigenvalue weighted by molar-refractivity contribution is -0.134. The van der Waals surface area contributed by atoms with E-state index < -0.39 is 0 Å². The number of ether oxygens (including phenoxy) is 1. The minimum atomic E-state index is 0.183. The van der Waals surface area contributed by atoms with Gasteiger partial charge in [0.2, 0.25) is 5.91 Å². The van der Waals surface area contributed by atoms with Gasteiger partial charge in [0.15, 0.2) is 0 Å². The number of amides is 1. The molecule has 0 saturated carbocycles. The van der Waals surface area contributed by atoms with E-state index in [1.807, 2.05) is 30.3 Å². The molecule has 24 heavy (non-hydrogen) atoms. The summed E-state index contributed by atoms with van der Waals surface area (Å²) >= 11 is 0. The largest absolute Gasteiger partial charge is 0.497 e. The van der Waals surface area contributed by atoms with Gasteiger partial charge in [0.05, 0.1) is 13.5 Å². The Bertz CT molecular complexity index is 584. The van der Waals surface area contributed by atoms with Crippen molar-refractivity contribution in [2.45, 2.75) is 37.6 Å². The van der Waals surface area contributed by atoms with Gasteiger partial charge in [-0.05, 0) is 49.9 Å². The van der Waals surface area contributed by atoms with Gasteiger partial charge in [-0.15, -0.1) is 6.58 Å². The molecule has 4 heteroatoms. The summed E-state index contributed by atoms with van der Waals surface area (Å²) in [6, 6.07) is 7.80. The third-order valence-corrected chi connectivity index (χ3v) is 5.51. The van der Waals surface area contributed by atoms with Gasteiger partial charge in [0.1, 0.15) is 5.75 Å². The van der Waals surface area contributed by atoms with E-state index in [0.717, 1.165) is 43.9 Å². The monoisotopic (exact) mass is 328 g/mol. The van der Waals surface area contributed by atoms with E-state index in [1.165, 1.54) is 19.3 Å². The van der Waals surface area contributed by atoms with Gasteiger partial charge in [-0.1, -0.05) is 18.2 Å². The number of nitrogens with zero attached hydrogens (tertiary/aromatic N) is 2. The molecule has 0 N–H and O–H groups in total. The fourth-order valence-corrected chi connectivity index (χ4v) is 4.25. The van der Waals surface area contributed by atoms with Gasteiger partial charge in [0, 0.05) is 25.2 Å². The molecule has 1 aromatic carbocycles. The predicted molar refractivity (Wildman–Crippen MR) is 96.2 cm³/mol. The molecule has 130 valence electrons. The maximum atomic E-state index is 12.8. The minimum absolute atomic E-state index is 0.183. The van der Waals surface area contributed by atoms with Gasteiger partial charge >= 0.3 is 0 Å². The molecule has 0 radical (unpaired) electrons. The van der Waals surface area contributed by atoms with Crippen molar-refractivity contribution < 1.29 is 9.53 Å². The van der Waals surface area contributed by atoms with Crippen molar-refractivity contribution in [2.75, 3.05) is 33.3 Å². The second-order valence-electron chi connectivity index (χ2n) is 7.01. The van der Waals surface area contributed by atoms with E-state index >= 15 is 0 Å². The third-order valence-electron chi connectivity index (χ3n) is 5.51. The van der Waals surface area contributed by atoms with Gasteiger partial charge in [-0.3, -0.25) is 9.69 Å². The van der Waals surface area contributed by atoms with Crippen molar-refractivity contribution >= 4 is 5.91 Å². The van der Waals surface area contributed by atoms with Crippen LogP contribution >= 0.6 is 0 Å². The molecule has 0 unspecified atom stereocenters. The molecule has 2 aliphatic rings. The summed E-state index contributed by atoms with van der Waals surface area (Å²) in [7, 11) is 1.66. The Kier molecular flexibility index (Phi) is 5.24. The first-order chi connectivity index (χ1) is 11.7. The van der Waals surface area contributed by atoms with Crippen LogP contribution in [0.3, 0.4) is 0 Å². The summed E-state index contributed by atoms with van der Waals surface area (Å²) in [6.45, 7) is 7.71. The standard InChI is InChI=1S/C20H28N2O2/c1-3-12-22-14-5-11-20(22)10-4-13-21(16-20)19(23)15-17-6-8-18(24-2)9-7-17/h3,6-9H,1,4-5,10-16H2,2H3/t20-/m1/s1. The van der Waals surface area contributed by atoms with Gasteiger partial charge < -0.3 is 9.64 Å². The molecule has 2 aliphatic heterocycles. The molecule has 1 amide bonds. The fourth-order valence-electron chi connectivity index (χ4n) is 4.25. The maximum Gasteiger partial charge on any atom is 0.227 e. The first kappa shape index (κ1) is 17.0. The van der Waals surface area contributed by atoms with Crippen LogP contribution in [-0.4, -0.2) is 54.5 Å². The van der Waals surface area contributed by atoms with E-state index in [0.29, 0.717) is 6.42 Å². The molecule has 0 bridgehead atoms. The zero-order valence-corrected chi connectivity index (χ0v) is 14.7. The van der Waals surface area contributed by atoms with Crippen LogP contribution in [0.25, 0.3) is 0 Å². The van der Waals surface area contributed by atoms with Crippen LogP contribution in [0.2, 0.25) is 0 Å². The van der Waals surface area contributed by atoms with Gasteiger partial charge in [-0.25, -0.2) is 0 Å². The van der Waals surface area contributed by atoms with Gasteiger partial charge in [-0.2, -0.15) is 0 Å². The number of likely N-dealkylation sites (tertiary alicyclic amines) is 2. The molecule has 2 fully saturated rings. The van der Waals surface area contributed by atoms with Crippen LogP contribution < -0.4 is 4.74 Å². The Morgan fingerprint density at radius 2 is 1.96 bits per heavy atom. The van der Waals surface area contributed by atoms with Crippen LogP contribution in [0, 0.1) is 0 Å². The highest BCUT2D eigenvalue weighted by atomic mass is 16.5. The third kappa shape index (κ3) is 3.48. The average molecular weight is 328 g/mol. The Hall–Kier alpha value is -1.81. The van der Waals surface area contributed by atoms with Crippen molar-refractivity contribution in [3.8, 4) is 5.75 Å². The minimum Gasteiger partial charge on any atom is -0.497 e. The second kappa shape index (κ2) is 7.39. The number of benzene rings is 1. The van der Waals surface area contributed by atoms with Crippen LogP contribution in [0.1, 0.15) is 31.2 Å². The lowest BCUT2D eigenvalue weighted by Gasteiger charge is -2.46. The normalized spacial score (nSPS) is 24.3. The molecular formula is C20H28N2O2. The molecule has 2 heterocycles. The zero-order valence-electron chi connectivity index (χ0n) is 14.7. The summed E-state index contributed by atoms with van der Waals surface area (Å²) in [5.41, 5.74) is 1.23. The highest BCUT2D eigenvalue weighted by molar-refractivity contribution is 5.79. The Morgan fingerprint density at radius 1 is 1.25 bits per heavy atom. The molecule has 0 aliphatic carbocycles. The molecule has 1 aromatic rings. The predicted octanol–water partition coefficient (Wildman–Crippen LogP) is 2.88. The number of hydrogen-bond acceptors (Lipinski definition) is 3. The van der Waals surface area contributed by atoms with Crippen LogP contribution in [-0.2, 0) is 11.2 Å². The summed E-state index contributed by atoms with van der Waals surface area (Å²) < 4.78 is 5.18. The quantitative estimate of drug-likeness (QED) is 0.779. The summed E-state index contributed by atoms with van der Waals surface area (Å²) in [5, 5.41) is 0. The average Bonchev–Trinajstić information content (AvgIpc) is 2.97. The van der Waals surface area contributed by atoms with Crippen molar-refractivity contribution in [1.29, 1.82) is 0 Å². The number of carbonyl (C=O) groups excluding carboxylic acids is 1. The number of hydrogen-bond donors (Lipinski definition) is 0. The smallest absolute Gasteiger partial charge is 0.227 e. The fraction of sp³-hybridized carbons (Fsp3) is 0.550. The molecule has 3 rings (SSSR count). The van der Waals surface area contributed by atoms with Crippen molar-refractivity contribution in [3.63, 3.8) is 0 Å². The molecule has 1 atom stereocenters. The molecule has 1 spiro atoms. The first-order valence-corrected chi connectivity index (χ1v) is 8.93. The van der Waals surface area contributed by atoms with E-state index in [2.05, 4.69) is 16.4 Å². The molecular weight excluding hydrogens is 300 g/mol. The topological polar surface area (TPSA) is 32.8 Å². The second-order valence-corrected chi connectivity index (χ2v) is 7.01. The van der Waals surface area contributed by atoms with E-state index in [9.17, 15) is 4.79 Å². The summed E-state index contributed by atoms with van der Waals surface area (Å²) in [4.78, 5) is 17.4. The van der Waals surface area contributed by atoms with Crippen LogP contribution in [0.15, 0.2) is 36.9 Å². The lowest BCUT2D eigenvalue weighted by atomic mass is 9.86. The maximum absolute atomic E-state index is 12.8. The van der Waals surface area contributed by atoms with Crippen molar-refractivity contribution in [2.24, 2.45) is 0 Å². The molecule has 2 saturated heterocycles. The molecule has 4 nitrogen and oxygen atoms in total. The lowest BCUT2D eigenvalue weighted by Crippen LogP contribution is -2.57.